The molecule has 0 amide bonds. The van der Waals surface area contributed by atoms with Crippen LogP contribution in [0.3, 0.4) is 0 Å². The van der Waals surface area contributed by atoms with Gasteiger partial charge in [-0.3, -0.25) is 0 Å². The maximum atomic E-state index is 11.9. The van der Waals surface area contributed by atoms with Crippen molar-refractivity contribution in [3.8, 4) is 0 Å². The Kier molecular flexibility index (Phi) is 4.17. The van der Waals surface area contributed by atoms with Gasteiger partial charge < -0.3 is 10.4 Å². The lowest BCUT2D eigenvalue weighted by atomic mass is 10.2. The predicted octanol–water partition coefficient (Wildman–Crippen LogP) is 2.80. The van der Waals surface area contributed by atoms with Crippen LogP contribution in [0.1, 0.15) is 16.8 Å². The molecule has 4 nitrogen and oxygen atoms in total. The van der Waals surface area contributed by atoms with Gasteiger partial charge in [0.05, 0.1) is 6.42 Å². The lowest BCUT2D eigenvalue weighted by Gasteiger charge is -2.10. The predicted molar refractivity (Wildman–Crippen MR) is 55.4 cm³/mol. The van der Waals surface area contributed by atoms with Gasteiger partial charge in [-0.1, -0.05) is 11.6 Å². The number of alkyl halides is 3. The molecule has 0 aliphatic heterocycles. The van der Waals surface area contributed by atoms with Crippen LogP contribution in [0.4, 0.5) is 19.0 Å². The van der Waals surface area contributed by atoms with E-state index in [2.05, 4.69) is 10.3 Å². The topological polar surface area (TPSA) is 62.2 Å². The molecular weight excluding hydrogens is 261 g/mol. The molecule has 0 aliphatic carbocycles. The van der Waals surface area contributed by atoms with E-state index in [-0.39, 0.29) is 16.5 Å². The zero-order valence-corrected chi connectivity index (χ0v) is 9.14. The number of hydrogen-bond donors (Lipinski definition) is 2. The third kappa shape index (κ3) is 4.48. The van der Waals surface area contributed by atoms with Crippen LogP contribution in [0.2, 0.25) is 5.15 Å². The van der Waals surface area contributed by atoms with E-state index in [9.17, 15) is 18.0 Å². The van der Waals surface area contributed by atoms with Crippen LogP contribution in [0.25, 0.3) is 0 Å². The normalized spacial score (nSPS) is 11.3. The van der Waals surface area contributed by atoms with Gasteiger partial charge in [0.1, 0.15) is 16.5 Å². The van der Waals surface area contributed by atoms with E-state index in [0.717, 1.165) is 0 Å². The summed E-state index contributed by atoms with van der Waals surface area (Å²) >= 11 is 5.52. The fraction of sp³-hybridized carbons (Fsp3) is 0.333. The van der Waals surface area contributed by atoms with E-state index in [4.69, 9.17) is 16.7 Å². The highest BCUT2D eigenvalue weighted by molar-refractivity contribution is 6.29. The molecule has 8 heteroatoms. The molecule has 0 saturated heterocycles. The Labute approximate surface area is 99.4 Å². The fourth-order valence-corrected chi connectivity index (χ4v) is 1.21. The van der Waals surface area contributed by atoms with Gasteiger partial charge in [0.15, 0.2) is 0 Å². The molecule has 0 radical (unpaired) electrons. The number of aromatic nitrogens is 1. The Morgan fingerprint density at radius 2 is 2.12 bits per heavy atom. The number of halogens is 4. The number of pyridine rings is 1. The summed E-state index contributed by atoms with van der Waals surface area (Å²) in [6, 6.07) is 2.42. The van der Waals surface area contributed by atoms with Crippen molar-refractivity contribution in [1.82, 2.24) is 4.98 Å². The average Bonchev–Trinajstić information content (AvgIpc) is 2.15. The summed E-state index contributed by atoms with van der Waals surface area (Å²) in [5.41, 5.74) is -0.225. The highest BCUT2D eigenvalue weighted by atomic mass is 35.5. The first-order chi connectivity index (χ1) is 7.79. The highest BCUT2D eigenvalue weighted by Gasteiger charge is 2.26. The molecule has 0 aromatic carbocycles. The molecule has 0 spiro atoms. The van der Waals surface area contributed by atoms with Crippen molar-refractivity contribution >= 4 is 23.4 Å². The molecule has 94 valence electrons. The largest absolute Gasteiger partial charge is 0.478 e. The zero-order chi connectivity index (χ0) is 13.1. The number of carbonyl (C=O) groups is 1. The van der Waals surface area contributed by atoms with Crippen LogP contribution in [0, 0.1) is 0 Å². The molecule has 0 unspecified atom stereocenters. The maximum absolute atomic E-state index is 11.9. The molecule has 0 atom stereocenters. The van der Waals surface area contributed by atoms with Crippen molar-refractivity contribution in [2.45, 2.75) is 12.6 Å². The second-order valence-electron chi connectivity index (χ2n) is 3.13. The first-order valence-corrected chi connectivity index (χ1v) is 4.88. The highest BCUT2D eigenvalue weighted by Crippen LogP contribution is 2.21. The molecular formula is C9H8ClF3N2O2. The minimum absolute atomic E-state index is 0.00417. The van der Waals surface area contributed by atoms with Gasteiger partial charge in [0, 0.05) is 6.54 Å². The van der Waals surface area contributed by atoms with Gasteiger partial charge in [-0.05, 0) is 12.1 Å². The first kappa shape index (κ1) is 13.6. The Balaban J connectivity index is 2.75. The van der Waals surface area contributed by atoms with Crippen LogP contribution < -0.4 is 5.32 Å². The molecule has 1 heterocycles. The molecule has 1 rings (SSSR count). The number of rotatable bonds is 4. The molecule has 0 saturated carbocycles. The van der Waals surface area contributed by atoms with Gasteiger partial charge in [-0.25, -0.2) is 9.78 Å². The van der Waals surface area contributed by atoms with Crippen molar-refractivity contribution in [2.75, 3.05) is 11.9 Å². The summed E-state index contributed by atoms with van der Waals surface area (Å²) in [4.78, 5) is 14.4. The molecule has 17 heavy (non-hydrogen) atoms. The maximum Gasteiger partial charge on any atom is 0.390 e. The zero-order valence-electron chi connectivity index (χ0n) is 8.38. The third-order valence-corrected chi connectivity index (χ3v) is 2.00. The van der Waals surface area contributed by atoms with Crippen LogP contribution in [0.15, 0.2) is 12.1 Å². The number of carboxylic acids is 1. The lowest BCUT2D eigenvalue weighted by Crippen LogP contribution is -2.16. The molecule has 1 aromatic heterocycles. The van der Waals surface area contributed by atoms with Gasteiger partial charge in [-0.15, -0.1) is 0 Å². The second kappa shape index (κ2) is 5.22. The minimum Gasteiger partial charge on any atom is -0.478 e. The lowest BCUT2D eigenvalue weighted by molar-refractivity contribution is -0.131. The average molecular weight is 269 g/mol. The molecule has 0 fully saturated rings. The smallest absolute Gasteiger partial charge is 0.390 e. The fourth-order valence-electron chi connectivity index (χ4n) is 1.07. The second-order valence-corrected chi connectivity index (χ2v) is 3.51. The standard InChI is InChI=1S/C9H8ClF3N2O2/c10-6-2-1-5(8(16)17)7(15-6)14-4-3-9(11,12)13/h1-2H,3-4H2,(H,14,15)(H,16,17). The summed E-state index contributed by atoms with van der Waals surface area (Å²) < 4.78 is 35.7. The van der Waals surface area contributed by atoms with E-state index in [1.165, 1.54) is 12.1 Å². The van der Waals surface area contributed by atoms with E-state index in [1.807, 2.05) is 0 Å². The van der Waals surface area contributed by atoms with E-state index in [0.29, 0.717) is 0 Å². The van der Waals surface area contributed by atoms with Gasteiger partial charge in [0.25, 0.3) is 0 Å². The monoisotopic (exact) mass is 268 g/mol. The number of nitrogens with zero attached hydrogens (tertiary/aromatic N) is 1. The van der Waals surface area contributed by atoms with Crippen LogP contribution >= 0.6 is 11.6 Å². The molecule has 2 N–H and O–H groups in total. The summed E-state index contributed by atoms with van der Waals surface area (Å²) in [6.45, 7) is -0.461. The van der Waals surface area contributed by atoms with Crippen molar-refractivity contribution in [3.05, 3.63) is 22.8 Å². The third-order valence-electron chi connectivity index (χ3n) is 1.79. The van der Waals surface area contributed by atoms with E-state index < -0.39 is 25.1 Å². The van der Waals surface area contributed by atoms with Crippen LogP contribution in [0.5, 0.6) is 0 Å². The number of aromatic carboxylic acids is 1. The molecule has 0 aliphatic rings. The summed E-state index contributed by atoms with van der Waals surface area (Å²) in [6.07, 6.45) is -5.39. The van der Waals surface area contributed by atoms with Gasteiger partial charge in [0.2, 0.25) is 0 Å². The molecule has 1 aromatic rings. The van der Waals surface area contributed by atoms with Crippen LogP contribution in [-0.4, -0.2) is 28.8 Å². The van der Waals surface area contributed by atoms with Crippen molar-refractivity contribution in [1.29, 1.82) is 0 Å². The Bertz CT molecular complexity index is 423. The Hall–Kier alpha value is -1.50. The van der Waals surface area contributed by atoms with Gasteiger partial charge >= 0.3 is 12.1 Å². The SMILES string of the molecule is O=C(O)c1ccc(Cl)nc1NCCC(F)(F)F. The van der Waals surface area contributed by atoms with E-state index >= 15 is 0 Å². The van der Waals surface area contributed by atoms with Crippen molar-refractivity contribution in [2.24, 2.45) is 0 Å². The van der Waals surface area contributed by atoms with E-state index in [1.54, 1.807) is 0 Å². The van der Waals surface area contributed by atoms with Crippen LogP contribution in [-0.2, 0) is 0 Å². The Morgan fingerprint density at radius 3 is 2.65 bits per heavy atom. The number of nitrogens with one attached hydrogen (secondary N) is 1. The first-order valence-electron chi connectivity index (χ1n) is 4.50. The minimum atomic E-state index is -4.31. The van der Waals surface area contributed by atoms with Gasteiger partial charge in [-0.2, -0.15) is 13.2 Å². The quantitative estimate of drug-likeness (QED) is 0.824. The van der Waals surface area contributed by atoms with Crippen molar-refractivity contribution in [3.63, 3.8) is 0 Å². The summed E-state index contributed by atoms with van der Waals surface area (Å²) in [7, 11) is 0. The Morgan fingerprint density at radius 1 is 1.47 bits per heavy atom. The summed E-state index contributed by atoms with van der Waals surface area (Å²) in [5, 5.41) is 11.1. The molecule has 0 bridgehead atoms. The number of hydrogen-bond acceptors (Lipinski definition) is 3. The van der Waals surface area contributed by atoms with Crippen molar-refractivity contribution < 1.29 is 23.1 Å². The number of anilines is 1. The summed E-state index contributed by atoms with van der Waals surface area (Å²) in [5.74, 6) is -1.46. The number of carboxylic acid groups (broad SMARTS) is 1.